The van der Waals surface area contributed by atoms with E-state index in [9.17, 15) is 22.0 Å². The summed E-state index contributed by atoms with van der Waals surface area (Å²) in [7, 11) is -3.67. The molecule has 0 spiro atoms. The first-order valence-corrected chi connectivity index (χ1v) is 9.23. The standard InChI is InChI=1S/C15H20F2N2O3S.ClH/c1-10(13-11(16)4-3-5-12(13)17)19-14(20)15(23(2,21)22)6-8-18-9-7-15;/h3-5,10,18H,6-9H2,1-2H3,(H,19,20);1H. The summed E-state index contributed by atoms with van der Waals surface area (Å²) in [5, 5.41) is 5.47. The molecular formula is C15H21ClF2N2O3S. The average molecular weight is 383 g/mol. The van der Waals surface area contributed by atoms with Gasteiger partial charge in [0.1, 0.15) is 11.6 Å². The van der Waals surface area contributed by atoms with Gasteiger partial charge in [-0.3, -0.25) is 4.79 Å². The van der Waals surface area contributed by atoms with Crippen molar-refractivity contribution in [3.05, 3.63) is 35.4 Å². The Balaban J connectivity index is 0.00000288. The lowest BCUT2D eigenvalue weighted by Crippen LogP contribution is -2.57. The number of halogens is 3. The van der Waals surface area contributed by atoms with Gasteiger partial charge in [0.2, 0.25) is 5.91 Å². The van der Waals surface area contributed by atoms with Crippen molar-refractivity contribution in [2.24, 2.45) is 0 Å². The number of carbonyl (C=O) groups is 1. The maximum Gasteiger partial charge on any atom is 0.242 e. The molecule has 0 bridgehead atoms. The van der Waals surface area contributed by atoms with Gasteiger partial charge in [0.25, 0.3) is 0 Å². The van der Waals surface area contributed by atoms with Crippen LogP contribution in [0.3, 0.4) is 0 Å². The zero-order valence-electron chi connectivity index (χ0n) is 13.4. The molecule has 1 aromatic carbocycles. The van der Waals surface area contributed by atoms with Crippen molar-refractivity contribution in [2.45, 2.75) is 30.6 Å². The highest BCUT2D eigenvalue weighted by atomic mass is 35.5. The number of nitrogens with one attached hydrogen (secondary N) is 2. The van der Waals surface area contributed by atoms with Crippen LogP contribution in [-0.2, 0) is 14.6 Å². The third-order valence-electron chi connectivity index (χ3n) is 4.32. The summed E-state index contributed by atoms with van der Waals surface area (Å²) in [5.41, 5.74) is -0.279. The molecule has 136 valence electrons. The van der Waals surface area contributed by atoms with Crippen molar-refractivity contribution in [3.8, 4) is 0 Å². The van der Waals surface area contributed by atoms with Crippen molar-refractivity contribution in [2.75, 3.05) is 19.3 Å². The summed E-state index contributed by atoms with van der Waals surface area (Å²) in [6, 6.07) is 2.45. The van der Waals surface area contributed by atoms with E-state index in [1.165, 1.54) is 13.0 Å². The first-order chi connectivity index (χ1) is 10.7. The number of hydrogen-bond acceptors (Lipinski definition) is 4. The molecule has 0 aliphatic carbocycles. The van der Waals surface area contributed by atoms with Gasteiger partial charge in [0, 0.05) is 11.8 Å². The lowest BCUT2D eigenvalue weighted by atomic mass is 9.95. The zero-order chi connectivity index (χ0) is 17.3. The van der Waals surface area contributed by atoms with E-state index in [0.29, 0.717) is 13.1 Å². The molecule has 24 heavy (non-hydrogen) atoms. The number of sulfone groups is 1. The van der Waals surface area contributed by atoms with Crippen LogP contribution in [0.5, 0.6) is 0 Å². The fourth-order valence-electron chi connectivity index (χ4n) is 2.92. The quantitative estimate of drug-likeness (QED) is 0.831. The molecule has 1 aliphatic heterocycles. The van der Waals surface area contributed by atoms with E-state index in [2.05, 4.69) is 10.6 Å². The second-order valence-corrected chi connectivity index (χ2v) is 8.17. The first-order valence-electron chi connectivity index (χ1n) is 7.34. The molecule has 1 fully saturated rings. The van der Waals surface area contributed by atoms with Crippen LogP contribution in [0.15, 0.2) is 18.2 Å². The van der Waals surface area contributed by atoms with Crippen LogP contribution in [0.2, 0.25) is 0 Å². The summed E-state index contributed by atoms with van der Waals surface area (Å²) >= 11 is 0. The summed E-state index contributed by atoms with van der Waals surface area (Å²) in [4.78, 5) is 12.6. The summed E-state index contributed by atoms with van der Waals surface area (Å²) in [6.45, 7) is 2.21. The first kappa shape index (κ1) is 20.8. The van der Waals surface area contributed by atoms with Crippen molar-refractivity contribution in [1.82, 2.24) is 10.6 Å². The van der Waals surface area contributed by atoms with E-state index in [1.807, 2.05) is 0 Å². The monoisotopic (exact) mass is 382 g/mol. The molecule has 1 unspecified atom stereocenters. The Kier molecular flexibility index (Phi) is 6.72. The SMILES string of the molecule is CC(NC(=O)C1(S(C)(=O)=O)CCNCC1)c1c(F)cccc1F.Cl. The second kappa shape index (κ2) is 7.76. The minimum atomic E-state index is -3.67. The van der Waals surface area contributed by atoms with E-state index in [1.54, 1.807) is 0 Å². The van der Waals surface area contributed by atoms with E-state index >= 15 is 0 Å². The molecular weight excluding hydrogens is 362 g/mol. The van der Waals surface area contributed by atoms with Crippen LogP contribution >= 0.6 is 12.4 Å². The predicted molar refractivity (Wildman–Crippen MR) is 89.8 cm³/mol. The summed E-state index contributed by atoms with van der Waals surface area (Å²) < 4.78 is 50.4. The highest BCUT2D eigenvalue weighted by Gasteiger charge is 2.49. The molecule has 1 amide bonds. The Labute approximate surface area is 146 Å². The Morgan fingerprint density at radius 2 is 1.75 bits per heavy atom. The van der Waals surface area contributed by atoms with Gasteiger partial charge in [0.15, 0.2) is 14.6 Å². The van der Waals surface area contributed by atoms with E-state index in [4.69, 9.17) is 0 Å². The fraction of sp³-hybridized carbons (Fsp3) is 0.533. The van der Waals surface area contributed by atoms with Gasteiger partial charge in [-0.2, -0.15) is 0 Å². The number of piperidine rings is 1. The van der Waals surface area contributed by atoms with Crippen LogP contribution in [0.1, 0.15) is 31.4 Å². The van der Waals surface area contributed by atoms with Gasteiger partial charge in [-0.25, -0.2) is 17.2 Å². The van der Waals surface area contributed by atoms with Gasteiger partial charge >= 0.3 is 0 Å². The lowest BCUT2D eigenvalue weighted by molar-refractivity contribution is -0.125. The lowest BCUT2D eigenvalue weighted by Gasteiger charge is -2.35. The molecule has 5 nitrogen and oxygen atoms in total. The van der Waals surface area contributed by atoms with Crippen LogP contribution in [0.4, 0.5) is 8.78 Å². The molecule has 1 aromatic rings. The minimum absolute atomic E-state index is 0. The maximum atomic E-state index is 13.8. The molecule has 0 aromatic heterocycles. The molecule has 1 atom stereocenters. The number of hydrogen-bond donors (Lipinski definition) is 2. The highest BCUT2D eigenvalue weighted by Crippen LogP contribution is 2.29. The largest absolute Gasteiger partial charge is 0.348 e. The molecule has 0 radical (unpaired) electrons. The third-order valence-corrected chi connectivity index (χ3v) is 6.33. The minimum Gasteiger partial charge on any atom is -0.348 e. The van der Waals surface area contributed by atoms with Gasteiger partial charge in [0.05, 0.1) is 6.04 Å². The predicted octanol–water partition coefficient (Wildman–Crippen LogP) is 1.73. The smallest absolute Gasteiger partial charge is 0.242 e. The van der Waals surface area contributed by atoms with Crippen LogP contribution in [-0.4, -0.2) is 38.4 Å². The van der Waals surface area contributed by atoms with Crippen LogP contribution < -0.4 is 10.6 Å². The van der Waals surface area contributed by atoms with Crippen molar-refractivity contribution < 1.29 is 22.0 Å². The molecule has 0 saturated carbocycles. The molecule has 1 heterocycles. The third kappa shape index (κ3) is 3.87. The number of rotatable bonds is 4. The Morgan fingerprint density at radius 3 is 2.21 bits per heavy atom. The van der Waals surface area contributed by atoms with Crippen molar-refractivity contribution in [1.29, 1.82) is 0 Å². The van der Waals surface area contributed by atoms with Crippen molar-refractivity contribution in [3.63, 3.8) is 0 Å². The molecule has 2 N–H and O–H groups in total. The van der Waals surface area contributed by atoms with Gasteiger partial charge in [-0.1, -0.05) is 6.07 Å². The Morgan fingerprint density at radius 1 is 1.25 bits per heavy atom. The average Bonchev–Trinajstić information content (AvgIpc) is 2.46. The maximum absolute atomic E-state index is 13.8. The zero-order valence-corrected chi connectivity index (χ0v) is 15.1. The van der Waals surface area contributed by atoms with Crippen LogP contribution in [0.25, 0.3) is 0 Å². The number of carbonyl (C=O) groups excluding carboxylic acids is 1. The van der Waals surface area contributed by atoms with E-state index in [0.717, 1.165) is 18.4 Å². The van der Waals surface area contributed by atoms with E-state index in [-0.39, 0.29) is 30.8 Å². The topological polar surface area (TPSA) is 75.3 Å². The molecule has 1 saturated heterocycles. The normalized spacial score (nSPS) is 18.3. The van der Waals surface area contributed by atoms with Crippen LogP contribution in [0, 0.1) is 11.6 Å². The number of benzene rings is 1. The fourth-order valence-corrected chi connectivity index (χ4v) is 4.26. The molecule has 9 heteroatoms. The second-order valence-electron chi connectivity index (χ2n) is 5.85. The molecule has 2 rings (SSSR count). The molecule has 1 aliphatic rings. The summed E-state index contributed by atoms with van der Waals surface area (Å²) in [6.07, 6.45) is 1.28. The van der Waals surface area contributed by atoms with Crippen molar-refractivity contribution >= 4 is 28.2 Å². The van der Waals surface area contributed by atoms with Gasteiger partial charge in [-0.05, 0) is 45.0 Å². The van der Waals surface area contributed by atoms with E-state index < -0.39 is 38.2 Å². The Hall–Kier alpha value is -1.25. The number of amides is 1. The summed E-state index contributed by atoms with van der Waals surface area (Å²) in [5.74, 6) is -2.27. The van der Waals surface area contributed by atoms with Gasteiger partial charge < -0.3 is 10.6 Å². The van der Waals surface area contributed by atoms with Gasteiger partial charge in [-0.15, -0.1) is 12.4 Å². The Bertz CT molecular complexity index is 686. The highest BCUT2D eigenvalue weighted by molar-refractivity contribution is 7.92.